The molecule has 0 unspecified atom stereocenters. The topological polar surface area (TPSA) is 47.3 Å². The van der Waals surface area contributed by atoms with Gasteiger partial charge in [-0.3, -0.25) is 14.2 Å². The first-order valence-electron chi connectivity index (χ1n) is 8.27. The SMILES string of the molecule is O=c1c2c(nc3cc(-c4ccncc4)ccn13)CCCCCC2. The Labute approximate surface area is 134 Å². The molecule has 0 saturated carbocycles. The summed E-state index contributed by atoms with van der Waals surface area (Å²) >= 11 is 0. The fourth-order valence-electron chi connectivity index (χ4n) is 3.35. The van der Waals surface area contributed by atoms with Gasteiger partial charge in [-0.25, -0.2) is 4.98 Å². The lowest BCUT2D eigenvalue weighted by Crippen LogP contribution is -2.23. The molecule has 1 aliphatic rings. The summed E-state index contributed by atoms with van der Waals surface area (Å²) in [5.74, 6) is 0. The van der Waals surface area contributed by atoms with Crippen molar-refractivity contribution in [1.29, 1.82) is 0 Å². The zero-order valence-electron chi connectivity index (χ0n) is 13.0. The zero-order valence-corrected chi connectivity index (χ0v) is 13.0. The maximum Gasteiger partial charge on any atom is 0.261 e. The lowest BCUT2D eigenvalue weighted by molar-refractivity contribution is 0.603. The van der Waals surface area contributed by atoms with Crippen LogP contribution in [-0.4, -0.2) is 14.4 Å². The zero-order chi connectivity index (χ0) is 15.6. The van der Waals surface area contributed by atoms with Crippen molar-refractivity contribution in [2.24, 2.45) is 0 Å². The highest BCUT2D eigenvalue weighted by atomic mass is 16.1. The van der Waals surface area contributed by atoms with Gasteiger partial charge >= 0.3 is 0 Å². The van der Waals surface area contributed by atoms with E-state index in [2.05, 4.69) is 4.98 Å². The molecular weight excluding hydrogens is 286 g/mol. The predicted octanol–water partition coefficient (Wildman–Crippen LogP) is 3.42. The van der Waals surface area contributed by atoms with Crippen LogP contribution in [0.1, 0.15) is 36.9 Å². The van der Waals surface area contributed by atoms with Crippen LogP contribution in [0.3, 0.4) is 0 Å². The van der Waals surface area contributed by atoms with Crippen molar-refractivity contribution in [3.63, 3.8) is 0 Å². The van der Waals surface area contributed by atoms with Crippen LogP contribution in [0.4, 0.5) is 0 Å². The van der Waals surface area contributed by atoms with Crippen LogP contribution in [0, 0.1) is 0 Å². The highest BCUT2D eigenvalue weighted by molar-refractivity contribution is 5.66. The number of aryl methyl sites for hydroxylation is 1. The Bertz CT molecular complexity index is 900. The molecule has 0 spiro atoms. The van der Waals surface area contributed by atoms with Gasteiger partial charge in [-0.05, 0) is 61.1 Å². The van der Waals surface area contributed by atoms with E-state index in [1.807, 2.05) is 30.5 Å². The molecule has 0 saturated heterocycles. The Balaban J connectivity index is 1.89. The summed E-state index contributed by atoms with van der Waals surface area (Å²) in [5, 5.41) is 0. The molecule has 0 N–H and O–H groups in total. The minimum atomic E-state index is 0.105. The number of pyridine rings is 2. The summed E-state index contributed by atoms with van der Waals surface area (Å²) in [6.45, 7) is 0. The standard InChI is InChI=1S/C19H19N3O/c23-19-16-5-3-1-2-4-6-17(16)21-18-13-15(9-12-22(18)19)14-7-10-20-11-8-14/h7-13H,1-6H2. The van der Waals surface area contributed by atoms with Crippen molar-refractivity contribution in [2.45, 2.75) is 38.5 Å². The second-order valence-electron chi connectivity index (χ2n) is 6.14. The Morgan fingerprint density at radius 1 is 0.913 bits per heavy atom. The third-order valence-electron chi connectivity index (χ3n) is 4.61. The number of nitrogens with zero attached hydrogens (tertiary/aromatic N) is 3. The molecule has 3 heterocycles. The first-order chi connectivity index (χ1) is 11.3. The molecule has 0 amide bonds. The highest BCUT2D eigenvalue weighted by Gasteiger charge is 2.14. The van der Waals surface area contributed by atoms with Crippen LogP contribution in [0.25, 0.3) is 16.8 Å². The molecule has 4 rings (SSSR count). The summed E-state index contributed by atoms with van der Waals surface area (Å²) in [4.78, 5) is 21.7. The van der Waals surface area contributed by atoms with Crippen molar-refractivity contribution in [3.8, 4) is 11.1 Å². The minimum Gasteiger partial charge on any atom is -0.269 e. The predicted molar refractivity (Wildman–Crippen MR) is 90.6 cm³/mol. The largest absolute Gasteiger partial charge is 0.269 e. The minimum absolute atomic E-state index is 0.105. The molecule has 0 radical (unpaired) electrons. The van der Waals surface area contributed by atoms with Gasteiger partial charge in [0.2, 0.25) is 0 Å². The van der Waals surface area contributed by atoms with Crippen LogP contribution in [0.5, 0.6) is 0 Å². The van der Waals surface area contributed by atoms with Gasteiger partial charge in [0.1, 0.15) is 5.65 Å². The van der Waals surface area contributed by atoms with E-state index >= 15 is 0 Å². The van der Waals surface area contributed by atoms with E-state index < -0.39 is 0 Å². The van der Waals surface area contributed by atoms with Crippen LogP contribution >= 0.6 is 0 Å². The molecule has 0 bridgehead atoms. The summed E-state index contributed by atoms with van der Waals surface area (Å²) in [7, 11) is 0. The molecule has 0 atom stereocenters. The lowest BCUT2D eigenvalue weighted by atomic mass is 9.98. The van der Waals surface area contributed by atoms with Crippen molar-refractivity contribution in [2.75, 3.05) is 0 Å². The van der Waals surface area contributed by atoms with Gasteiger partial charge in [0.25, 0.3) is 5.56 Å². The van der Waals surface area contributed by atoms with Crippen LogP contribution in [-0.2, 0) is 12.8 Å². The Morgan fingerprint density at radius 2 is 1.70 bits per heavy atom. The molecular formula is C19H19N3O. The number of aromatic nitrogens is 3. The van der Waals surface area contributed by atoms with E-state index in [1.165, 1.54) is 12.8 Å². The van der Waals surface area contributed by atoms with Crippen molar-refractivity contribution in [1.82, 2.24) is 14.4 Å². The fourth-order valence-corrected chi connectivity index (χ4v) is 3.35. The van der Waals surface area contributed by atoms with E-state index in [4.69, 9.17) is 4.98 Å². The Kier molecular flexibility index (Phi) is 3.66. The number of rotatable bonds is 1. The lowest BCUT2D eigenvalue weighted by Gasteiger charge is -2.14. The highest BCUT2D eigenvalue weighted by Crippen LogP contribution is 2.21. The molecule has 0 aromatic carbocycles. The van der Waals surface area contributed by atoms with Gasteiger partial charge in [0, 0.05) is 24.2 Å². The van der Waals surface area contributed by atoms with Crippen LogP contribution in [0.2, 0.25) is 0 Å². The molecule has 3 aromatic heterocycles. The Hall–Kier alpha value is -2.49. The van der Waals surface area contributed by atoms with E-state index in [0.717, 1.165) is 53.7 Å². The second-order valence-corrected chi connectivity index (χ2v) is 6.14. The van der Waals surface area contributed by atoms with E-state index in [1.54, 1.807) is 16.8 Å². The van der Waals surface area contributed by atoms with Gasteiger partial charge < -0.3 is 0 Å². The van der Waals surface area contributed by atoms with E-state index in [-0.39, 0.29) is 5.56 Å². The molecule has 0 fully saturated rings. The number of hydrogen-bond donors (Lipinski definition) is 0. The summed E-state index contributed by atoms with van der Waals surface area (Å²) < 4.78 is 1.69. The average molecular weight is 305 g/mol. The number of fused-ring (bicyclic) bond motifs is 2. The Morgan fingerprint density at radius 3 is 2.52 bits per heavy atom. The van der Waals surface area contributed by atoms with Gasteiger partial charge in [-0.1, -0.05) is 12.8 Å². The van der Waals surface area contributed by atoms with Crippen molar-refractivity contribution < 1.29 is 0 Å². The monoisotopic (exact) mass is 305 g/mol. The van der Waals surface area contributed by atoms with Crippen LogP contribution in [0.15, 0.2) is 47.7 Å². The molecule has 1 aliphatic carbocycles. The molecule has 23 heavy (non-hydrogen) atoms. The average Bonchev–Trinajstić information content (AvgIpc) is 2.57. The molecule has 4 heteroatoms. The van der Waals surface area contributed by atoms with Gasteiger partial charge in [0.15, 0.2) is 0 Å². The molecule has 3 aromatic rings. The molecule has 0 aliphatic heterocycles. The van der Waals surface area contributed by atoms with E-state index in [0.29, 0.717) is 0 Å². The maximum absolute atomic E-state index is 12.8. The maximum atomic E-state index is 12.8. The summed E-state index contributed by atoms with van der Waals surface area (Å²) in [5.41, 5.74) is 4.91. The molecule has 116 valence electrons. The third-order valence-corrected chi connectivity index (χ3v) is 4.61. The summed E-state index contributed by atoms with van der Waals surface area (Å²) in [6, 6.07) is 7.91. The van der Waals surface area contributed by atoms with Gasteiger partial charge in [-0.15, -0.1) is 0 Å². The fraction of sp³-hybridized carbons (Fsp3) is 0.316. The smallest absolute Gasteiger partial charge is 0.261 e. The van der Waals surface area contributed by atoms with Crippen molar-refractivity contribution >= 4 is 5.65 Å². The quantitative estimate of drug-likeness (QED) is 0.692. The normalized spacial score (nSPS) is 15.0. The van der Waals surface area contributed by atoms with E-state index in [9.17, 15) is 4.79 Å². The first-order valence-corrected chi connectivity index (χ1v) is 8.27. The second kappa shape index (κ2) is 5.95. The van der Waals surface area contributed by atoms with Gasteiger partial charge in [-0.2, -0.15) is 0 Å². The van der Waals surface area contributed by atoms with Crippen molar-refractivity contribution in [3.05, 3.63) is 64.5 Å². The van der Waals surface area contributed by atoms with Gasteiger partial charge in [0.05, 0.1) is 5.69 Å². The molecule has 4 nitrogen and oxygen atoms in total. The van der Waals surface area contributed by atoms with Crippen LogP contribution < -0.4 is 5.56 Å². The summed E-state index contributed by atoms with van der Waals surface area (Å²) in [6.07, 6.45) is 11.8. The third kappa shape index (κ3) is 2.65. The first kappa shape index (κ1) is 14.1. The number of hydrogen-bond acceptors (Lipinski definition) is 3.